The van der Waals surface area contributed by atoms with Crippen LogP contribution in [-0.4, -0.2) is 19.9 Å². The number of hydrogen-bond donors (Lipinski definition) is 0. The number of fused-ring (bicyclic) bond motifs is 9. The van der Waals surface area contributed by atoms with Crippen LogP contribution >= 0.6 is 0 Å². The van der Waals surface area contributed by atoms with E-state index >= 15 is 0 Å². The molecule has 2 aromatic heterocycles. The summed E-state index contributed by atoms with van der Waals surface area (Å²) in [5.41, 5.74) is 13.4. The Bertz CT molecular complexity index is 2660. The van der Waals surface area contributed by atoms with Crippen molar-refractivity contribution in [3.8, 4) is 67.9 Å². The molecule has 0 amide bonds. The molecule has 0 N–H and O–H groups in total. The molecule has 0 bridgehead atoms. The Labute approximate surface area is 302 Å². The second kappa shape index (κ2) is 11.7. The largest absolute Gasteiger partial charge is 0.457 e. The number of para-hydroxylation sites is 2. The summed E-state index contributed by atoms with van der Waals surface area (Å²) < 4.78 is 6.52. The number of aromatic nitrogens is 4. The van der Waals surface area contributed by atoms with Crippen molar-refractivity contribution in [2.24, 2.45) is 0 Å². The first-order chi connectivity index (χ1) is 25.6. The van der Waals surface area contributed by atoms with Crippen LogP contribution in [0.5, 0.6) is 11.5 Å². The highest BCUT2D eigenvalue weighted by Gasteiger charge is 2.51. The van der Waals surface area contributed by atoms with Gasteiger partial charge in [-0.2, -0.15) is 0 Å². The molecule has 246 valence electrons. The monoisotopic (exact) mass is 668 g/mol. The van der Waals surface area contributed by atoms with Gasteiger partial charge in [0.2, 0.25) is 0 Å². The molecule has 2 aliphatic rings. The number of ether oxygens (including phenoxy) is 1. The number of nitrogens with zero attached hydrogens (tertiary/aromatic N) is 4. The van der Waals surface area contributed by atoms with Gasteiger partial charge in [0.1, 0.15) is 11.5 Å². The molecule has 5 nitrogen and oxygen atoms in total. The van der Waals surface area contributed by atoms with E-state index in [9.17, 15) is 0 Å². The number of aryl methyl sites for hydroxylation is 2. The molecular formula is C47H32N4O. The first kappa shape index (κ1) is 30.1. The SMILES string of the molecule is Cc1ccc(-c2ccccc2-c2nc(-c3ccccc3)nc(-c3ccc4c(c3)-c3ccccc3C43c4ccccc4Oc4ccccc43)n2)c(C)n1. The highest BCUT2D eigenvalue weighted by Crippen LogP contribution is 2.62. The van der Waals surface area contributed by atoms with Gasteiger partial charge >= 0.3 is 0 Å². The molecule has 0 saturated carbocycles. The van der Waals surface area contributed by atoms with Gasteiger partial charge in [0.15, 0.2) is 17.5 Å². The lowest BCUT2D eigenvalue weighted by Crippen LogP contribution is -2.32. The second-order valence-corrected chi connectivity index (χ2v) is 13.5. The fourth-order valence-electron chi connectivity index (χ4n) is 8.22. The fraction of sp³-hybridized carbons (Fsp3) is 0.0638. The van der Waals surface area contributed by atoms with Crippen molar-refractivity contribution < 1.29 is 4.74 Å². The van der Waals surface area contributed by atoms with Crippen LogP contribution in [0.25, 0.3) is 56.4 Å². The van der Waals surface area contributed by atoms with Crippen LogP contribution in [-0.2, 0) is 5.41 Å². The van der Waals surface area contributed by atoms with Crippen molar-refractivity contribution in [1.29, 1.82) is 0 Å². The molecule has 1 spiro atoms. The molecule has 5 heteroatoms. The Morgan fingerprint density at radius 3 is 1.65 bits per heavy atom. The van der Waals surface area contributed by atoms with E-state index in [1.165, 1.54) is 16.7 Å². The summed E-state index contributed by atoms with van der Waals surface area (Å²) in [5.74, 6) is 3.61. The average molecular weight is 669 g/mol. The van der Waals surface area contributed by atoms with Crippen molar-refractivity contribution in [2.75, 3.05) is 0 Å². The molecular weight excluding hydrogens is 637 g/mol. The zero-order valence-corrected chi connectivity index (χ0v) is 28.7. The maximum absolute atomic E-state index is 6.52. The Morgan fingerprint density at radius 2 is 0.942 bits per heavy atom. The summed E-state index contributed by atoms with van der Waals surface area (Å²) in [6.45, 7) is 4.07. The average Bonchev–Trinajstić information content (AvgIpc) is 3.48. The highest BCUT2D eigenvalue weighted by atomic mass is 16.5. The van der Waals surface area contributed by atoms with Gasteiger partial charge in [0.05, 0.1) is 5.41 Å². The van der Waals surface area contributed by atoms with Crippen LogP contribution in [0.1, 0.15) is 33.6 Å². The lowest BCUT2D eigenvalue weighted by Gasteiger charge is -2.39. The predicted molar refractivity (Wildman–Crippen MR) is 206 cm³/mol. The van der Waals surface area contributed by atoms with E-state index in [0.29, 0.717) is 17.5 Å². The van der Waals surface area contributed by atoms with Crippen molar-refractivity contribution in [3.63, 3.8) is 0 Å². The Morgan fingerprint density at radius 1 is 0.385 bits per heavy atom. The predicted octanol–water partition coefficient (Wildman–Crippen LogP) is 11.0. The van der Waals surface area contributed by atoms with E-state index in [-0.39, 0.29) is 0 Å². The van der Waals surface area contributed by atoms with Crippen molar-refractivity contribution in [1.82, 2.24) is 19.9 Å². The van der Waals surface area contributed by atoms with Crippen molar-refractivity contribution in [3.05, 3.63) is 191 Å². The molecule has 0 fully saturated rings. The van der Waals surface area contributed by atoms with E-state index in [2.05, 4.69) is 116 Å². The van der Waals surface area contributed by atoms with Gasteiger partial charge in [0, 0.05) is 44.8 Å². The third-order valence-electron chi connectivity index (χ3n) is 10.5. The summed E-state index contributed by atoms with van der Waals surface area (Å²) in [4.78, 5) is 20.2. The maximum Gasteiger partial charge on any atom is 0.164 e. The molecule has 1 aliphatic heterocycles. The quantitative estimate of drug-likeness (QED) is 0.187. The van der Waals surface area contributed by atoms with Crippen LogP contribution in [0.15, 0.2) is 158 Å². The standard InChI is InChI=1S/C47H32N4O/c1-29-24-26-33(30(2)48-29)34-16-6-7-18-36(34)46-50-44(31-14-4-3-5-15-31)49-45(51-46)32-25-27-39-37(28-32)35-17-8-9-19-38(35)47(39)40-20-10-12-22-42(40)52-43-23-13-11-21-41(43)47/h3-28H,1-2H3. The van der Waals surface area contributed by atoms with Crippen molar-refractivity contribution in [2.45, 2.75) is 19.3 Å². The van der Waals surface area contributed by atoms with E-state index in [1.54, 1.807) is 0 Å². The molecule has 10 rings (SSSR count). The number of hydrogen-bond acceptors (Lipinski definition) is 5. The summed E-state index contributed by atoms with van der Waals surface area (Å²) in [5, 5.41) is 0. The molecule has 0 unspecified atom stereocenters. The Hall–Kier alpha value is -6.72. The van der Waals surface area contributed by atoms with Crippen LogP contribution in [0, 0.1) is 13.8 Å². The van der Waals surface area contributed by atoms with Gasteiger partial charge < -0.3 is 4.74 Å². The highest BCUT2D eigenvalue weighted by molar-refractivity contribution is 5.90. The molecule has 0 radical (unpaired) electrons. The summed E-state index contributed by atoms with van der Waals surface area (Å²) in [6.07, 6.45) is 0. The first-order valence-electron chi connectivity index (χ1n) is 17.6. The summed E-state index contributed by atoms with van der Waals surface area (Å²) in [6, 6.07) is 55.0. The van der Waals surface area contributed by atoms with Crippen LogP contribution < -0.4 is 4.74 Å². The van der Waals surface area contributed by atoms with Crippen LogP contribution in [0.4, 0.5) is 0 Å². The molecule has 3 heterocycles. The van der Waals surface area contributed by atoms with Gasteiger partial charge in [-0.1, -0.05) is 133 Å². The van der Waals surface area contributed by atoms with Crippen LogP contribution in [0.3, 0.4) is 0 Å². The van der Waals surface area contributed by atoms with Gasteiger partial charge in [-0.05, 0) is 65.9 Å². The Kier molecular flexibility index (Phi) is 6.77. The zero-order valence-electron chi connectivity index (χ0n) is 28.7. The van der Waals surface area contributed by atoms with Gasteiger partial charge in [0.25, 0.3) is 0 Å². The molecule has 8 aromatic rings. The lowest BCUT2D eigenvalue weighted by molar-refractivity contribution is 0.436. The van der Waals surface area contributed by atoms with Gasteiger partial charge in [-0.25, -0.2) is 15.0 Å². The van der Waals surface area contributed by atoms with E-state index in [4.69, 9.17) is 24.7 Å². The molecule has 52 heavy (non-hydrogen) atoms. The minimum absolute atomic E-state index is 0.534. The molecule has 0 atom stereocenters. The summed E-state index contributed by atoms with van der Waals surface area (Å²) in [7, 11) is 0. The number of rotatable bonds is 4. The van der Waals surface area contributed by atoms with E-state index < -0.39 is 5.41 Å². The third-order valence-corrected chi connectivity index (χ3v) is 10.5. The fourth-order valence-corrected chi connectivity index (χ4v) is 8.22. The lowest BCUT2D eigenvalue weighted by atomic mass is 9.66. The molecule has 1 aliphatic carbocycles. The second-order valence-electron chi connectivity index (χ2n) is 13.5. The minimum atomic E-state index is -0.534. The van der Waals surface area contributed by atoms with E-state index in [0.717, 1.165) is 67.4 Å². The topological polar surface area (TPSA) is 60.8 Å². The smallest absolute Gasteiger partial charge is 0.164 e. The third kappa shape index (κ3) is 4.49. The Balaban J connectivity index is 1.21. The maximum atomic E-state index is 6.52. The van der Waals surface area contributed by atoms with Crippen LogP contribution in [0.2, 0.25) is 0 Å². The normalized spacial score (nSPS) is 13.1. The van der Waals surface area contributed by atoms with Crippen molar-refractivity contribution >= 4 is 0 Å². The zero-order chi connectivity index (χ0) is 34.8. The minimum Gasteiger partial charge on any atom is -0.457 e. The number of benzene rings is 6. The van der Waals surface area contributed by atoms with Gasteiger partial charge in [-0.15, -0.1) is 0 Å². The first-order valence-corrected chi connectivity index (χ1v) is 17.6. The number of pyridine rings is 1. The summed E-state index contributed by atoms with van der Waals surface area (Å²) >= 11 is 0. The molecule has 6 aromatic carbocycles. The van der Waals surface area contributed by atoms with Gasteiger partial charge in [-0.3, -0.25) is 4.98 Å². The van der Waals surface area contributed by atoms with E-state index in [1.807, 2.05) is 55.5 Å². The molecule has 0 saturated heterocycles.